The summed E-state index contributed by atoms with van der Waals surface area (Å²) in [5.41, 5.74) is 2.35. The predicted octanol–water partition coefficient (Wildman–Crippen LogP) is 2.07. The zero-order valence-corrected chi connectivity index (χ0v) is 14.7. The van der Waals surface area contributed by atoms with Crippen molar-refractivity contribution in [3.05, 3.63) is 46.9 Å². The van der Waals surface area contributed by atoms with Gasteiger partial charge in [-0.1, -0.05) is 6.07 Å². The second-order valence-corrected chi connectivity index (χ2v) is 7.64. The Morgan fingerprint density at radius 1 is 1.33 bits per heavy atom. The number of piperazine rings is 1. The first kappa shape index (κ1) is 15.7. The van der Waals surface area contributed by atoms with Gasteiger partial charge in [-0.25, -0.2) is 0 Å². The summed E-state index contributed by atoms with van der Waals surface area (Å²) in [4.78, 5) is 23.4. The molecule has 4 rings (SSSR count). The van der Waals surface area contributed by atoms with Crippen LogP contribution in [-0.2, 0) is 11.3 Å². The highest BCUT2D eigenvalue weighted by molar-refractivity contribution is 7.08. The van der Waals surface area contributed by atoms with Gasteiger partial charge in [-0.3, -0.25) is 19.6 Å². The zero-order chi connectivity index (χ0) is 16.6. The summed E-state index contributed by atoms with van der Waals surface area (Å²) in [7, 11) is 2.09. The van der Waals surface area contributed by atoms with E-state index in [4.69, 9.17) is 0 Å². The van der Waals surface area contributed by atoms with Crippen molar-refractivity contribution in [1.29, 1.82) is 0 Å². The third kappa shape index (κ3) is 2.85. The van der Waals surface area contributed by atoms with Gasteiger partial charge in [0.05, 0.1) is 17.8 Å². The summed E-state index contributed by atoms with van der Waals surface area (Å²) in [5.74, 6) is 0.201. The van der Waals surface area contributed by atoms with Crippen molar-refractivity contribution in [1.82, 2.24) is 14.8 Å². The fraction of sp³-hybridized carbons (Fsp3) is 0.444. The number of aromatic nitrogens is 1. The van der Waals surface area contributed by atoms with E-state index in [9.17, 15) is 4.79 Å². The van der Waals surface area contributed by atoms with Crippen LogP contribution in [0, 0.1) is 0 Å². The van der Waals surface area contributed by atoms with Gasteiger partial charge in [-0.2, -0.15) is 11.3 Å². The minimum Gasteiger partial charge on any atom is -0.309 e. The Labute approximate surface area is 146 Å². The molecule has 0 saturated carbocycles. The molecule has 0 bridgehead atoms. The summed E-state index contributed by atoms with van der Waals surface area (Å²) in [6, 6.07) is 6.17. The van der Waals surface area contributed by atoms with Crippen LogP contribution >= 0.6 is 11.3 Å². The molecule has 2 aromatic heterocycles. The highest BCUT2D eigenvalue weighted by Crippen LogP contribution is 2.34. The lowest BCUT2D eigenvalue weighted by Crippen LogP contribution is -2.64. The molecular weight excluding hydrogens is 320 g/mol. The molecule has 2 fully saturated rings. The van der Waals surface area contributed by atoms with Gasteiger partial charge >= 0.3 is 0 Å². The van der Waals surface area contributed by atoms with Crippen LogP contribution in [0.3, 0.4) is 0 Å². The number of thiophene rings is 1. The van der Waals surface area contributed by atoms with Crippen LogP contribution in [0.25, 0.3) is 0 Å². The van der Waals surface area contributed by atoms with Gasteiger partial charge in [-0.15, -0.1) is 0 Å². The molecule has 1 amide bonds. The molecule has 2 aromatic rings. The van der Waals surface area contributed by atoms with E-state index in [1.807, 2.05) is 34.8 Å². The Bertz CT molecular complexity index is 705. The molecule has 1 atom stereocenters. The summed E-state index contributed by atoms with van der Waals surface area (Å²) in [6.45, 7) is 4.26. The molecule has 0 aromatic carbocycles. The first-order chi connectivity index (χ1) is 11.7. The van der Waals surface area contributed by atoms with E-state index in [1.54, 1.807) is 11.3 Å². The minimum absolute atomic E-state index is 0.0536. The van der Waals surface area contributed by atoms with Gasteiger partial charge in [0, 0.05) is 44.0 Å². The Kier molecular flexibility index (Phi) is 4.12. The molecule has 0 radical (unpaired) electrons. The van der Waals surface area contributed by atoms with Gasteiger partial charge in [0.1, 0.15) is 0 Å². The molecule has 2 aliphatic heterocycles. The summed E-state index contributed by atoms with van der Waals surface area (Å²) < 4.78 is 0. The second-order valence-electron chi connectivity index (χ2n) is 6.86. The van der Waals surface area contributed by atoms with E-state index in [0.717, 1.165) is 38.3 Å². The first-order valence-electron chi connectivity index (χ1n) is 8.31. The topological polar surface area (TPSA) is 39.7 Å². The number of likely N-dealkylation sites (tertiary alicyclic amines) is 1. The van der Waals surface area contributed by atoms with Crippen molar-refractivity contribution in [2.75, 3.05) is 38.1 Å². The van der Waals surface area contributed by atoms with Crippen molar-refractivity contribution in [3.8, 4) is 0 Å². The minimum atomic E-state index is 0.0536. The zero-order valence-electron chi connectivity index (χ0n) is 13.9. The van der Waals surface area contributed by atoms with Gasteiger partial charge < -0.3 is 4.90 Å². The Hall–Kier alpha value is -1.76. The van der Waals surface area contributed by atoms with Crippen molar-refractivity contribution >= 4 is 22.9 Å². The maximum absolute atomic E-state index is 12.5. The van der Waals surface area contributed by atoms with E-state index in [-0.39, 0.29) is 11.4 Å². The van der Waals surface area contributed by atoms with Crippen LogP contribution < -0.4 is 4.90 Å². The lowest BCUT2D eigenvalue weighted by Gasteiger charge is -2.46. The number of rotatable bonds is 3. The number of likely N-dealkylation sites (N-methyl/N-ethyl adjacent to an activating group) is 1. The molecular formula is C18H22N4OS. The SMILES string of the molecule is CN1CC(=O)N(c2ccsc2)C[C@@]12CCN(Cc1cccnc1)C2. The highest BCUT2D eigenvalue weighted by Gasteiger charge is 2.47. The van der Waals surface area contributed by atoms with Gasteiger partial charge in [-0.05, 0) is 36.5 Å². The molecule has 2 saturated heterocycles. The normalized spacial score (nSPS) is 25.7. The van der Waals surface area contributed by atoms with Crippen molar-refractivity contribution in [2.45, 2.75) is 18.5 Å². The quantitative estimate of drug-likeness (QED) is 0.856. The molecule has 5 nitrogen and oxygen atoms in total. The van der Waals surface area contributed by atoms with Crippen molar-refractivity contribution in [3.63, 3.8) is 0 Å². The number of pyridine rings is 1. The second kappa shape index (κ2) is 6.27. The average Bonchev–Trinajstić information content (AvgIpc) is 3.23. The Balaban J connectivity index is 1.50. The predicted molar refractivity (Wildman–Crippen MR) is 96.2 cm³/mol. The van der Waals surface area contributed by atoms with Crippen molar-refractivity contribution in [2.24, 2.45) is 0 Å². The third-order valence-electron chi connectivity index (χ3n) is 5.29. The lowest BCUT2D eigenvalue weighted by molar-refractivity contribution is -0.123. The Morgan fingerprint density at radius 2 is 2.25 bits per heavy atom. The van der Waals surface area contributed by atoms with Crippen LogP contribution in [0.1, 0.15) is 12.0 Å². The highest BCUT2D eigenvalue weighted by atomic mass is 32.1. The van der Waals surface area contributed by atoms with Crippen molar-refractivity contribution < 1.29 is 4.79 Å². The Morgan fingerprint density at radius 3 is 3.00 bits per heavy atom. The van der Waals surface area contributed by atoms with Gasteiger partial charge in [0.25, 0.3) is 0 Å². The van der Waals surface area contributed by atoms with E-state index < -0.39 is 0 Å². The maximum Gasteiger partial charge on any atom is 0.241 e. The monoisotopic (exact) mass is 342 g/mol. The molecule has 4 heterocycles. The van der Waals surface area contributed by atoms with E-state index in [2.05, 4.69) is 33.3 Å². The number of hydrogen-bond donors (Lipinski definition) is 0. The number of anilines is 1. The summed E-state index contributed by atoms with van der Waals surface area (Å²) in [5, 5.41) is 4.11. The average molecular weight is 342 g/mol. The number of carbonyl (C=O) groups is 1. The van der Waals surface area contributed by atoms with Crippen LogP contribution in [0.5, 0.6) is 0 Å². The first-order valence-corrected chi connectivity index (χ1v) is 9.26. The molecule has 2 aliphatic rings. The van der Waals surface area contributed by atoms with E-state index in [1.165, 1.54) is 5.56 Å². The van der Waals surface area contributed by atoms with Crippen LogP contribution in [-0.4, -0.2) is 59.5 Å². The molecule has 0 unspecified atom stereocenters. The van der Waals surface area contributed by atoms with E-state index >= 15 is 0 Å². The molecule has 0 N–H and O–H groups in total. The largest absolute Gasteiger partial charge is 0.309 e. The lowest BCUT2D eigenvalue weighted by atomic mass is 9.93. The van der Waals surface area contributed by atoms with Gasteiger partial charge in [0.2, 0.25) is 5.91 Å². The molecule has 1 spiro atoms. The van der Waals surface area contributed by atoms with E-state index in [0.29, 0.717) is 6.54 Å². The summed E-state index contributed by atoms with van der Waals surface area (Å²) in [6.07, 6.45) is 4.85. The molecule has 126 valence electrons. The molecule has 6 heteroatoms. The van der Waals surface area contributed by atoms with Crippen LogP contribution in [0.2, 0.25) is 0 Å². The van der Waals surface area contributed by atoms with Gasteiger partial charge in [0.15, 0.2) is 0 Å². The van der Waals surface area contributed by atoms with Crippen LogP contribution in [0.15, 0.2) is 41.4 Å². The smallest absolute Gasteiger partial charge is 0.241 e. The molecule has 0 aliphatic carbocycles. The number of amides is 1. The number of nitrogens with zero attached hydrogens (tertiary/aromatic N) is 4. The maximum atomic E-state index is 12.5. The fourth-order valence-corrected chi connectivity index (χ4v) is 4.51. The van der Waals surface area contributed by atoms with Crippen LogP contribution in [0.4, 0.5) is 5.69 Å². The fourth-order valence-electron chi connectivity index (χ4n) is 3.87. The summed E-state index contributed by atoms with van der Waals surface area (Å²) >= 11 is 1.64. The number of carbonyl (C=O) groups excluding carboxylic acids is 1. The molecule has 24 heavy (non-hydrogen) atoms. The standard InChI is InChI=1S/C18H22N4OS/c1-20-11-17(23)22(16-4-8-24-12-16)14-18(20)5-7-21(13-18)10-15-3-2-6-19-9-15/h2-4,6,8-9,12H,5,7,10-11,13-14H2,1H3/t18-/m0/s1. The third-order valence-corrected chi connectivity index (χ3v) is 5.96. The number of hydrogen-bond acceptors (Lipinski definition) is 5.